The van der Waals surface area contributed by atoms with Crippen LogP contribution in [0.1, 0.15) is 53.4 Å². The molecule has 23 heavy (non-hydrogen) atoms. The van der Waals surface area contributed by atoms with E-state index in [0.29, 0.717) is 26.4 Å². The Morgan fingerprint density at radius 3 is 0.913 bits per heavy atom. The minimum atomic E-state index is -3.14. The summed E-state index contributed by atoms with van der Waals surface area (Å²) in [4.78, 5) is 22.2. The number of hydrogen-bond donors (Lipinski definition) is 0. The first kappa shape index (κ1) is 29.6. The van der Waals surface area contributed by atoms with Crippen molar-refractivity contribution in [1.82, 2.24) is 0 Å². The smallest absolute Gasteiger partial charge is 0.780 e. The Labute approximate surface area is 168 Å². The van der Waals surface area contributed by atoms with Crippen molar-refractivity contribution in [2.45, 2.75) is 53.4 Å². The quantitative estimate of drug-likeness (QED) is 0.291. The molecule has 138 valence electrons. The van der Waals surface area contributed by atoms with Crippen LogP contribution in [0.3, 0.4) is 0 Å². The Morgan fingerprint density at radius 2 is 0.783 bits per heavy atom. The zero-order valence-electron chi connectivity index (χ0n) is 14.3. The maximum atomic E-state index is 11.1. The van der Waals surface area contributed by atoms with Gasteiger partial charge in [-0.2, -0.15) is 0 Å². The van der Waals surface area contributed by atoms with E-state index in [1.165, 1.54) is 0 Å². The summed E-state index contributed by atoms with van der Waals surface area (Å²) in [5.74, 6) is 0. The molecular weight excluding hydrogens is 485 g/mol. The molecule has 0 saturated heterocycles. The summed E-state index contributed by atoms with van der Waals surface area (Å²) in [5, 5.41) is 0. The molecule has 0 heterocycles. The van der Waals surface area contributed by atoms with Gasteiger partial charge in [-0.05, 0) is 25.7 Å². The van der Waals surface area contributed by atoms with E-state index in [0.717, 1.165) is 25.7 Å². The summed E-state index contributed by atoms with van der Waals surface area (Å²) in [5.41, 5.74) is 0. The van der Waals surface area contributed by atoms with Crippen molar-refractivity contribution in [3.63, 3.8) is 0 Å². The first-order chi connectivity index (χ1) is 10.2. The summed E-state index contributed by atoms with van der Waals surface area (Å²) >= 11 is 9.17. The van der Waals surface area contributed by atoms with Crippen LogP contribution in [0.2, 0.25) is 0 Å². The third-order valence-corrected chi connectivity index (χ3v) is 5.07. The van der Waals surface area contributed by atoms with Crippen molar-refractivity contribution in [3.05, 3.63) is 0 Å². The predicted octanol–water partition coefficient (Wildman–Crippen LogP) is 2.47. The van der Waals surface area contributed by atoms with Gasteiger partial charge in [0.2, 0.25) is 0 Å². The van der Waals surface area contributed by atoms with Crippen molar-refractivity contribution in [2.75, 3.05) is 26.4 Å². The topological polar surface area (TPSA) is 83.0 Å². The van der Waals surface area contributed by atoms with Gasteiger partial charge in [-0.25, -0.2) is 0 Å². The van der Waals surface area contributed by atoms with Crippen LogP contribution in [0.5, 0.6) is 0 Å². The van der Waals surface area contributed by atoms with Crippen LogP contribution in [0.15, 0.2) is 0 Å². The van der Waals surface area contributed by atoms with E-state index in [1.54, 1.807) is 0 Å². The van der Waals surface area contributed by atoms with Crippen LogP contribution in [0, 0.1) is 0 Å². The monoisotopic (exact) mass is 514 g/mol. The number of rotatable bonds is 12. The maximum absolute atomic E-state index is 11.1. The summed E-state index contributed by atoms with van der Waals surface area (Å²) in [6.45, 7) is 3.05. The predicted molar refractivity (Wildman–Crippen MR) is 99.3 cm³/mol. The minimum Gasteiger partial charge on any atom is -0.780 e. The van der Waals surface area contributed by atoms with Gasteiger partial charge in [-0.3, -0.25) is 0 Å². The van der Waals surface area contributed by atoms with E-state index in [-0.39, 0.29) is 23.9 Å². The van der Waals surface area contributed by atoms with Crippen molar-refractivity contribution in [1.29, 1.82) is 0 Å². The first-order valence-electron chi connectivity index (χ1n) is 7.44. The van der Waals surface area contributed by atoms with Gasteiger partial charge in [0.05, 0.1) is 26.4 Å². The van der Waals surface area contributed by atoms with Gasteiger partial charge in [0.1, 0.15) is 13.4 Å². The molecule has 0 fully saturated rings. The summed E-state index contributed by atoms with van der Waals surface area (Å²) in [7, 11) is 0. The molecule has 0 aromatic heterocycles. The average molecular weight is 513 g/mol. The van der Waals surface area contributed by atoms with Crippen LogP contribution in [0.25, 0.3) is 0 Å². The SMILES string of the molecule is CCCOP([O-])(=S)OCCC.CCCOP([O-])(=S)OCCC.[Sn+2]. The molecule has 0 aliphatic rings. The van der Waals surface area contributed by atoms with Crippen LogP contribution in [-0.2, 0) is 41.7 Å². The van der Waals surface area contributed by atoms with Crippen molar-refractivity contribution in [2.24, 2.45) is 0 Å². The van der Waals surface area contributed by atoms with Gasteiger partial charge in [0, 0.05) is 0 Å². The minimum absolute atomic E-state index is 0. The van der Waals surface area contributed by atoms with Gasteiger partial charge in [0.25, 0.3) is 0 Å². The zero-order chi connectivity index (χ0) is 17.5. The van der Waals surface area contributed by atoms with E-state index >= 15 is 0 Å². The summed E-state index contributed by atoms with van der Waals surface area (Å²) < 4.78 is 19.3. The fourth-order valence-electron chi connectivity index (χ4n) is 0.887. The average Bonchev–Trinajstić information content (AvgIpc) is 2.48. The molecule has 2 radical (unpaired) electrons. The van der Waals surface area contributed by atoms with Crippen molar-refractivity contribution >= 4 is 61.0 Å². The molecular formula is C12H28O6P2S2Sn. The normalized spacial score (nSPS) is 11.4. The van der Waals surface area contributed by atoms with Crippen molar-refractivity contribution < 1.29 is 27.9 Å². The molecule has 0 aliphatic heterocycles. The molecule has 0 aromatic rings. The summed E-state index contributed by atoms with van der Waals surface area (Å²) in [6, 6.07) is 0. The van der Waals surface area contributed by atoms with Gasteiger partial charge in [-0.1, -0.05) is 51.3 Å². The zero-order valence-corrected chi connectivity index (χ0v) is 20.6. The summed E-state index contributed by atoms with van der Waals surface area (Å²) in [6.07, 6.45) is 3.21. The Balaban J connectivity index is -0.000000333. The maximum Gasteiger partial charge on any atom is 2.00 e. The van der Waals surface area contributed by atoms with E-state index in [9.17, 15) is 9.79 Å². The Morgan fingerprint density at radius 1 is 0.609 bits per heavy atom. The van der Waals surface area contributed by atoms with Crippen molar-refractivity contribution in [3.8, 4) is 0 Å². The van der Waals surface area contributed by atoms with Crippen LogP contribution < -0.4 is 9.79 Å². The third-order valence-electron chi connectivity index (χ3n) is 1.81. The van der Waals surface area contributed by atoms with Crippen LogP contribution in [0.4, 0.5) is 0 Å². The van der Waals surface area contributed by atoms with E-state index < -0.39 is 13.4 Å². The molecule has 0 amide bonds. The molecule has 6 nitrogen and oxygen atoms in total. The van der Waals surface area contributed by atoms with Gasteiger partial charge >= 0.3 is 23.9 Å². The Bertz CT molecular complexity index is 294. The van der Waals surface area contributed by atoms with Crippen LogP contribution >= 0.6 is 13.4 Å². The van der Waals surface area contributed by atoms with Gasteiger partial charge in [-0.15, -0.1) is 0 Å². The van der Waals surface area contributed by atoms with Gasteiger partial charge in [0.15, 0.2) is 0 Å². The standard InChI is InChI=1S/2C6H15O3PS.Sn/c2*1-3-5-8-10(7,11)9-6-4-2;/h2*3-6H2,1-2H3,(H,7,11);/q;;+2/p-2. The third kappa shape index (κ3) is 23.9. The molecule has 11 heteroatoms. The first-order valence-corrected chi connectivity index (χ1v) is 12.6. The molecule has 0 bridgehead atoms. The molecule has 0 spiro atoms. The van der Waals surface area contributed by atoms with Crippen LogP contribution in [-0.4, -0.2) is 50.3 Å². The van der Waals surface area contributed by atoms with Gasteiger partial charge < -0.3 is 27.9 Å². The molecule has 0 atom stereocenters. The second-order valence-corrected chi connectivity index (χ2v) is 9.73. The Hall–Kier alpha value is 1.86. The molecule has 0 saturated carbocycles. The second-order valence-electron chi connectivity index (χ2n) is 4.23. The Kier molecular flexibility index (Phi) is 24.0. The fraction of sp³-hybridized carbons (Fsp3) is 1.00. The second kappa shape index (κ2) is 18.6. The van der Waals surface area contributed by atoms with E-state index in [4.69, 9.17) is 18.1 Å². The fourth-order valence-corrected chi connectivity index (χ4v) is 3.56. The molecule has 0 aliphatic carbocycles. The molecule has 0 aromatic carbocycles. The van der Waals surface area contributed by atoms with E-state index in [2.05, 4.69) is 23.6 Å². The molecule has 0 rings (SSSR count). The molecule has 0 N–H and O–H groups in total. The number of hydrogen-bond acceptors (Lipinski definition) is 8. The molecule has 0 unspecified atom stereocenters. The largest absolute Gasteiger partial charge is 2.00 e. The van der Waals surface area contributed by atoms with E-state index in [1.807, 2.05) is 27.7 Å².